The van der Waals surface area contributed by atoms with Crippen LogP contribution in [0, 0.1) is 17.5 Å². The van der Waals surface area contributed by atoms with Gasteiger partial charge >= 0.3 is 0 Å². The van der Waals surface area contributed by atoms with Crippen molar-refractivity contribution in [1.29, 1.82) is 0 Å². The second-order valence-electron chi connectivity index (χ2n) is 4.57. The summed E-state index contributed by atoms with van der Waals surface area (Å²) in [6.45, 7) is 0. The molecule has 0 bridgehead atoms. The Morgan fingerprint density at radius 3 is 2.50 bits per heavy atom. The number of rotatable bonds is 1. The minimum Gasteiger partial charge on any atom is -0.319 e. The highest BCUT2D eigenvalue weighted by Gasteiger charge is 2.17. The lowest BCUT2D eigenvalue weighted by atomic mass is 10.2. The summed E-state index contributed by atoms with van der Waals surface area (Å²) in [4.78, 5) is 16.0. The summed E-state index contributed by atoms with van der Waals surface area (Å²) in [6, 6.07) is 7.31. The molecule has 3 aromatic rings. The van der Waals surface area contributed by atoms with Crippen LogP contribution in [0.15, 0.2) is 41.4 Å². The number of aromatic nitrogens is 1. The molecule has 3 rings (SSSR count). The quantitative estimate of drug-likeness (QED) is 0.676. The zero-order valence-electron chi connectivity index (χ0n) is 11.3. The number of aryl methyl sites for hydroxylation is 1. The minimum atomic E-state index is -1.02. The smallest absolute Gasteiger partial charge is 0.285 e. The molecule has 0 saturated heterocycles. The Balaban J connectivity index is 2.16. The number of hydrogen-bond donors (Lipinski definition) is 0. The Kier molecular flexibility index (Phi) is 3.58. The molecule has 0 saturated carbocycles. The van der Waals surface area contributed by atoms with Crippen LogP contribution in [0.3, 0.4) is 0 Å². The summed E-state index contributed by atoms with van der Waals surface area (Å²) in [7, 11) is 1.64. The Hall–Kier alpha value is -2.41. The van der Waals surface area contributed by atoms with Crippen molar-refractivity contribution >= 4 is 27.5 Å². The fraction of sp³-hybridized carbons (Fsp3) is 0.0667. The van der Waals surface area contributed by atoms with Crippen molar-refractivity contribution in [3.05, 3.63) is 64.2 Å². The van der Waals surface area contributed by atoms with E-state index in [9.17, 15) is 18.0 Å². The van der Waals surface area contributed by atoms with Crippen molar-refractivity contribution in [2.45, 2.75) is 0 Å². The van der Waals surface area contributed by atoms with Crippen molar-refractivity contribution in [2.75, 3.05) is 0 Å². The molecule has 22 heavy (non-hydrogen) atoms. The summed E-state index contributed by atoms with van der Waals surface area (Å²) in [5.41, 5.74) is -0.0295. The molecule has 0 aliphatic carbocycles. The number of amides is 1. The summed E-state index contributed by atoms with van der Waals surface area (Å²) in [6.07, 6.45) is 0. The largest absolute Gasteiger partial charge is 0.319 e. The Labute approximate surface area is 127 Å². The summed E-state index contributed by atoms with van der Waals surface area (Å²) in [5, 5.41) is 0. The number of benzene rings is 2. The van der Waals surface area contributed by atoms with E-state index in [1.807, 2.05) is 0 Å². The van der Waals surface area contributed by atoms with Crippen molar-refractivity contribution in [3.63, 3.8) is 0 Å². The molecule has 3 nitrogen and oxygen atoms in total. The van der Waals surface area contributed by atoms with Crippen LogP contribution < -0.4 is 4.80 Å². The summed E-state index contributed by atoms with van der Waals surface area (Å²) < 4.78 is 42.5. The van der Waals surface area contributed by atoms with E-state index in [-0.39, 0.29) is 4.80 Å². The number of hydrogen-bond acceptors (Lipinski definition) is 2. The molecular formula is C15H9F3N2OS. The number of halogens is 3. The monoisotopic (exact) mass is 322 g/mol. The first-order chi connectivity index (χ1) is 10.5. The first-order valence-electron chi connectivity index (χ1n) is 6.25. The molecule has 0 unspecified atom stereocenters. The van der Waals surface area contributed by atoms with Crippen LogP contribution in [0.1, 0.15) is 10.4 Å². The highest BCUT2D eigenvalue weighted by Crippen LogP contribution is 2.18. The highest BCUT2D eigenvalue weighted by atomic mass is 32.1. The van der Waals surface area contributed by atoms with Crippen molar-refractivity contribution < 1.29 is 18.0 Å². The van der Waals surface area contributed by atoms with E-state index in [1.54, 1.807) is 17.7 Å². The molecule has 0 aliphatic rings. The van der Waals surface area contributed by atoms with Gasteiger partial charge in [-0.05, 0) is 30.3 Å². The van der Waals surface area contributed by atoms with Gasteiger partial charge in [0.15, 0.2) is 4.80 Å². The number of thiazole rings is 1. The molecule has 0 aliphatic heterocycles. The van der Waals surface area contributed by atoms with Gasteiger partial charge in [0.05, 0.1) is 10.2 Å². The SMILES string of the molecule is Cn1c(=NC(=O)c2c(F)cccc2F)sc2cc(F)ccc21. The highest BCUT2D eigenvalue weighted by molar-refractivity contribution is 7.16. The van der Waals surface area contributed by atoms with Gasteiger partial charge in [-0.15, -0.1) is 0 Å². The maximum atomic E-state index is 13.6. The van der Waals surface area contributed by atoms with Crippen LogP contribution in [0.25, 0.3) is 10.2 Å². The van der Waals surface area contributed by atoms with Crippen LogP contribution in [0.5, 0.6) is 0 Å². The van der Waals surface area contributed by atoms with Crippen molar-refractivity contribution in [2.24, 2.45) is 12.0 Å². The van der Waals surface area contributed by atoms with Crippen molar-refractivity contribution in [3.8, 4) is 0 Å². The molecule has 2 aromatic carbocycles. The predicted octanol–water partition coefficient (Wildman–Crippen LogP) is 3.40. The fourth-order valence-electron chi connectivity index (χ4n) is 2.06. The lowest BCUT2D eigenvalue weighted by Gasteiger charge is -1.99. The van der Waals surface area contributed by atoms with Gasteiger partial charge in [-0.3, -0.25) is 4.79 Å². The molecular weight excluding hydrogens is 313 g/mol. The van der Waals surface area contributed by atoms with E-state index in [2.05, 4.69) is 4.99 Å². The molecule has 0 N–H and O–H groups in total. The third kappa shape index (κ3) is 2.43. The lowest BCUT2D eigenvalue weighted by molar-refractivity contribution is 0.0990. The third-order valence-electron chi connectivity index (χ3n) is 3.15. The number of nitrogens with zero attached hydrogens (tertiary/aromatic N) is 2. The number of carbonyl (C=O) groups excluding carboxylic acids is 1. The van der Waals surface area contributed by atoms with Gasteiger partial charge in [-0.2, -0.15) is 4.99 Å². The molecule has 1 amide bonds. The zero-order chi connectivity index (χ0) is 15.9. The van der Waals surface area contributed by atoms with E-state index < -0.39 is 28.9 Å². The van der Waals surface area contributed by atoms with Gasteiger partial charge in [0.25, 0.3) is 5.91 Å². The second kappa shape index (κ2) is 5.42. The van der Waals surface area contributed by atoms with Gasteiger partial charge in [-0.25, -0.2) is 13.2 Å². The minimum absolute atomic E-state index is 0.230. The molecule has 0 atom stereocenters. The standard InChI is InChI=1S/C15H9F3N2OS/c1-20-11-6-5-8(16)7-12(11)22-15(20)19-14(21)13-9(17)3-2-4-10(13)18/h2-7H,1H3. The first kappa shape index (κ1) is 14.5. The predicted molar refractivity (Wildman–Crippen MR) is 77.0 cm³/mol. The summed E-state index contributed by atoms with van der Waals surface area (Å²) in [5.74, 6) is -3.36. The second-order valence-corrected chi connectivity index (χ2v) is 5.58. The Bertz CT molecular complexity index is 939. The van der Waals surface area contributed by atoms with Gasteiger partial charge in [0.1, 0.15) is 23.0 Å². The van der Waals surface area contributed by atoms with E-state index >= 15 is 0 Å². The zero-order valence-corrected chi connectivity index (χ0v) is 12.1. The lowest BCUT2D eigenvalue weighted by Crippen LogP contribution is -2.14. The maximum absolute atomic E-state index is 13.6. The normalized spacial score (nSPS) is 12.1. The van der Waals surface area contributed by atoms with Crippen molar-refractivity contribution in [1.82, 2.24) is 4.57 Å². The molecule has 112 valence electrons. The Morgan fingerprint density at radius 1 is 1.14 bits per heavy atom. The molecule has 1 aromatic heterocycles. The van der Waals surface area contributed by atoms with Crippen LogP contribution in [-0.2, 0) is 7.05 Å². The maximum Gasteiger partial charge on any atom is 0.285 e. The third-order valence-corrected chi connectivity index (χ3v) is 4.24. The van der Waals surface area contributed by atoms with E-state index in [1.165, 1.54) is 18.2 Å². The Morgan fingerprint density at radius 2 is 1.82 bits per heavy atom. The molecule has 0 fully saturated rings. The molecule has 0 spiro atoms. The van der Waals surface area contributed by atoms with Crippen LogP contribution >= 0.6 is 11.3 Å². The van der Waals surface area contributed by atoms with Gasteiger partial charge in [0.2, 0.25) is 0 Å². The topological polar surface area (TPSA) is 34.4 Å². The van der Waals surface area contributed by atoms with Crippen LogP contribution in [0.2, 0.25) is 0 Å². The molecule has 0 radical (unpaired) electrons. The van der Waals surface area contributed by atoms with E-state index in [0.29, 0.717) is 10.2 Å². The van der Waals surface area contributed by atoms with E-state index in [4.69, 9.17) is 0 Å². The number of fused-ring (bicyclic) bond motifs is 1. The van der Waals surface area contributed by atoms with Gasteiger partial charge in [0, 0.05) is 7.05 Å². The van der Waals surface area contributed by atoms with Crippen LogP contribution in [-0.4, -0.2) is 10.5 Å². The first-order valence-corrected chi connectivity index (χ1v) is 7.07. The molecule has 7 heteroatoms. The van der Waals surface area contributed by atoms with E-state index in [0.717, 1.165) is 23.5 Å². The van der Waals surface area contributed by atoms with Crippen LogP contribution in [0.4, 0.5) is 13.2 Å². The fourth-order valence-corrected chi connectivity index (χ4v) is 3.10. The molecule has 1 heterocycles. The average molecular weight is 322 g/mol. The average Bonchev–Trinajstić information content (AvgIpc) is 2.74. The van der Waals surface area contributed by atoms with Gasteiger partial charge in [-0.1, -0.05) is 17.4 Å². The summed E-state index contributed by atoms with van der Waals surface area (Å²) >= 11 is 1.06. The van der Waals surface area contributed by atoms with Gasteiger partial charge < -0.3 is 4.57 Å². The number of carbonyl (C=O) groups is 1.